The molecule has 1 aliphatic rings. The standard InChI is InChI=1S/C28H40N5O13P/c1-6-7-11-14-40-27(38)17(2)32-47(39,46-21-12-9-8-10-13-21)41-16-22-25(42-18(3)34)26(43-19(4)35)24(28(45-22)44-20(5)36)31-23(37)15-30-33-29/h8-10,12-13,17,22,24-26,28H,6-7,11,14-16H2,1-5H3,(H,31,37)(H,32,39)/t17-,22+,24-,25+,26+,28?,47?/m0/s1. The molecule has 0 spiro atoms. The van der Waals surface area contributed by atoms with Crippen LogP contribution in [0.15, 0.2) is 35.4 Å². The number of nitrogens with one attached hydrogen (secondary N) is 2. The van der Waals surface area contributed by atoms with Crippen LogP contribution in [0.25, 0.3) is 10.4 Å². The molecule has 7 atom stereocenters. The maximum atomic E-state index is 14.1. The highest BCUT2D eigenvalue weighted by molar-refractivity contribution is 7.52. The van der Waals surface area contributed by atoms with E-state index in [9.17, 15) is 28.5 Å². The van der Waals surface area contributed by atoms with E-state index in [1.54, 1.807) is 18.2 Å². The van der Waals surface area contributed by atoms with Gasteiger partial charge in [0.25, 0.3) is 0 Å². The van der Waals surface area contributed by atoms with Crippen molar-refractivity contribution < 1.29 is 61.3 Å². The highest BCUT2D eigenvalue weighted by Crippen LogP contribution is 2.45. The Morgan fingerprint density at radius 3 is 2.23 bits per heavy atom. The van der Waals surface area contributed by atoms with Gasteiger partial charge in [0, 0.05) is 25.7 Å². The van der Waals surface area contributed by atoms with Gasteiger partial charge in [-0.05, 0) is 31.0 Å². The first kappa shape index (κ1) is 39.0. The molecular formula is C28H40N5O13P. The highest BCUT2D eigenvalue weighted by atomic mass is 31.2. The van der Waals surface area contributed by atoms with E-state index in [0.29, 0.717) is 6.42 Å². The smallest absolute Gasteiger partial charge is 0.459 e. The topological polar surface area (TPSA) is 240 Å². The lowest BCUT2D eigenvalue weighted by molar-refractivity contribution is -0.268. The first-order valence-electron chi connectivity index (χ1n) is 14.7. The van der Waals surface area contributed by atoms with Crippen LogP contribution in [0.5, 0.6) is 5.75 Å². The zero-order valence-electron chi connectivity index (χ0n) is 26.7. The lowest BCUT2D eigenvalue weighted by Crippen LogP contribution is -2.67. The van der Waals surface area contributed by atoms with Gasteiger partial charge in [-0.3, -0.25) is 28.5 Å². The molecule has 19 heteroatoms. The minimum absolute atomic E-state index is 0.103. The fourth-order valence-corrected chi connectivity index (χ4v) is 5.77. The lowest BCUT2D eigenvalue weighted by atomic mass is 9.96. The number of amides is 1. The Morgan fingerprint density at radius 1 is 1.00 bits per heavy atom. The van der Waals surface area contributed by atoms with Gasteiger partial charge in [-0.15, -0.1) is 0 Å². The summed E-state index contributed by atoms with van der Waals surface area (Å²) < 4.78 is 52.6. The Bertz CT molecular complexity index is 1330. The van der Waals surface area contributed by atoms with E-state index in [-0.39, 0.29) is 12.4 Å². The molecule has 47 heavy (non-hydrogen) atoms. The van der Waals surface area contributed by atoms with Crippen molar-refractivity contribution in [1.82, 2.24) is 10.4 Å². The van der Waals surface area contributed by atoms with Crippen molar-refractivity contribution in [1.29, 1.82) is 0 Å². The van der Waals surface area contributed by atoms with Crippen LogP contribution in [0.3, 0.4) is 0 Å². The van der Waals surface area contributed by atoms with Gasteiger partial charge in [-0.25, -0.2) is 4.57 Å². The SMILES string of the molecule is CCCCCOC(=O)[C@H](C)NP(=O)(OC[C@H]1OC(OC(C)=O)[C@@H](NC(=O)CN=[N+]=[N-])[C@@H](OC(C)=O)[C@@H]1OC(C)=O)Oc1ccccc1. The molecule has 0 bridgehead atoms. The summed E-state index contributed by atoms with van der Waals surface area (Å²) in [4.78, 5) is 64.0. The monoisotopic (exact) mass is 685 g/mol. The third kappa shape index (κ3) is 13.6. The summed E-state index contributed by atoms with van der Waals surface area (Å²) >= 11 is 0. The molecule has 0 saturated carbocycles. The van der Waals surface area contributed by atoms with Gasteiger partial charge in [-0.1, -0.05) is 43.1 Å². The van der Waals surface area contributed by atoms with Gasteiger partial charge in [0.05, 0.1) is 13.2 Å². The van der Waals surface area contributed by atoms with Gasteiger partial charge >= 0.3 is 31.6 Å². The molecule has 1 aliphatic heterocycles. The summed E-state index contributed by atoms with van der Waals surface area (Å²) in [6.07, 6.45) is -3.84. The van der Waals surface area contributed by atoms with Gasteiger partial charge in [-0.2, -0.15) is 5.09 Å². The molecule has 2 rings (SSSR count). The van der Waals surface area contributed by atoms with Crippen molar-refractivity contribution in [3.63, 3.8) is 0 Å². The largest absolute Gasteiger partial charge is 0.465 e. The predicted octanol–water partition coefficient (Wildman–Crippen LogP) is 2.85. The molecule has 0 aromatic heterocycles. The molecule has 1 aromatic rings. The third-order valence-corrected chi connectivity index (χ3v) is 7.86. The van der Waals surface area contributed by atoms with E-state index in [0.717, 1.165) is 33.6 Å². The molecule has 0 radical (unpaired) electrons. The average molecular weight is 686 g/mol. The molecule has 1 fully saturated rings. The van der Waals surface area contributed by atoms with Crippen LogP contribution in [0, 0.1) is 0 Å². The van der Waals surface area contributed by atoms with Crippen LogP contribution in [0.4, 0.5) is 0 Å². The summed E-state index contributed by atoms with van der Waals surface area (Å²) in [7, 11) is -4.47. The van der Waals surface area contributed by atoms with Crippen LogP contribution >= 0.6 is 7.75 Å². The number of hydrogen-bond donors (Lipinski definition) is 2. The number of azide groups is 1. The molecule has 1 saturated heterocycles. The van der Waals surface area contributed by atoms with E-state index >= 15 is 0 Å². The Labute approximate surface area is 271 Å². The van der Waals surface area contributed by atoms with Gasteiger partial charge in [0.15, 0.2) is 12.2 Å². The summed E-state index contributed by atoms with van der Waals surface area (Å²) in [6, 6.07) is 5.22. The summed E-state index contributed by atoms with van der Waals surface area (Å²) in [5.74, 6) is -4.11. The van der Waals surface area contributed by atoms with Gasteiger partial charge in [0.2, 0.25) is 12.2 Å². The second-order valence-electron chi connectivity index (χ2n) is 10.2. The molecule has 1 aromatic carbocycles. The van der Waals surface area contributed by atoms with Gasteiger partial charge in [0.1, 0.15) is 30.5 Å². The molecule has 260 valence electrons. The number of unbranched alkanes of at least 4 members (excludes halogenated alkanes) is 2. The predicted molar refractivity (Wildman–Crippen MR) is 161 cm³/mol. The average Bonchev–Trinajstić information content (AvgIpc) is 2.99. The number of carbonyl (C=O) groups excluding carboxylic acids is 5. The molecule has 0 aliphatic carbocycles. The van der Waals surface area contributed by atoms with Gasteiger partial charge < -0.3 is 33.5 Å². The number of benzene rings is 1. The normalized spacial score (nSPS) is 22.3. The Balaban J connectivity index is 2.43. The first-order valence-corrected chi connectivity index (χ1v) is 16.2. The Kier molecular flexibility index (Phi) is 16.1. The number of esters is 4. The zero-order chi connectivity index (χ0) is 35.0. The third-order valence-electron chi connectivity index (χ3n) is 6.21. The van der Waals surface area contributed by atoms with E-state index in [1.807, 2.05) is 6.92 Å². The van der Waals surface area contributed by atoms with Crippen molar-refractivity contribution >= 4 is 37.5 Å². The van der Waals surface area contributed by atoms with Crippen molar-refractivity contribution in [3.05, 3.63) is 40.8 Å². The molecular weight excluding hydrogens is 645 g/mol. The fourth-order valence-electron chi connectivity index (χ4n) is 4.27. The van der Waals surface area contributed by atoms with Crippen molar-refractivity contribution in [2.24, 2.45) is 5.11 Å². The number of nitrogens with zero attached hydrogens (tertiary/aromatic N) is 3. The van der Waals surface area contributed by atoms with Crippen molar-refractivity contribution in [2.75, 3.05) is 19.8 Å². The van der Waals surface area contributed by atoms with E-state index < -0.39 is 87.4 Å². The van der Waals surface area contributed by atoms with E-state index in [2.05, 4.69) is 20.4 Å². The van der Waals surface area contributed by atoms with E-state index in [1.165, 1.54) is 19.1 Å². The number of para-hydroxylation sites is 1. The fraction of sp³-hybridized carbons (Fsp3) is 0.607. The summed E-state index contributed by atoms with van der Waals surface area (Å²) in [5.41, 5.74) is 8.58. The van der Waals surface area contributed by atoms with Crippen LogP contribution in [-0.4, -0.2) is 86.2 Å². The molecule has 2 N–H and O–H groups in total. The van der Waals surface area contributed by atoms with Crippen molar-refractivity contribution in [3.8, 4) is 5.75 Å². The second kappa shape index (κ2) is 19.5. The van der Waals surface area contributed by atoms with Crippen molar-refractivity contribution in [2.45, 2.75) is 90.6 Å². The second-order valence-corrected chi connectivity index (χ2v) is 11.9. The van der Waals surface area contributed by atoms with Crippen LogP contribution in [0.2, 0.25) is 0 Å². The maximum Gasteiger partial charge on any atom is 0.459 e. The quantitative estimate of drug-likeness (QED) is 0.0430. The number of ether oxygens (including phenoxy) is 5. The van der Waals surface area contributed by atoms with Crippen LogP contribution < -0.4 is 14.9 Å². The molecule has 18 nitrogen and oxygen atoms in total. The number of carbonyl (C=O) groups is 5. The number of hydrogen-bond acceptors (Lipinski definition) is 14. The Hall–Kier alpha value is -4.21. The molecule has 2 unspecified atom stereocenters. The van der Waals surface area contributed by atoms with Crippen LogP contribution in [-0.2, 0) is 56.7 Å². The van der Waals surface area contributed by atoms with E-state index in [4.69, 9.17) is 38.3 Å². The summed E-state index contributed by atoms with van der Waals surface area (Å²) in [5, 5.41) is 8.09. The van der Waals surface area contributed by atoms with Crippen LogP contribution in [0.1, 0.15) is 53.9 Å². The molecule has 1 amide bonds. The minimum Gasteiger partial charge on any atom is -0.465 e. The zero-order valence-corrected chi connectivity index (χ0v) is 27.6. The maximum absolute atomic E-state index is 14.1. The highest BCUT2D eigenvalue weighted by Gasteiger charge is 2.52. The summed E-state index contributed by atoms with van der Waals surface area (Å²) in [6.45, 7) is 5.27. The lowest BCUT2D eigenvalue weighted by Gasteiger charge is -2.44. The molecule has 1 heterocycles. The minimum atomic E-state index is -4.47. The number of rotatable bonds is 18. The first-order chi connectivity index (χ1) is 22.3. The Morgan fingerprint density at radius 2 is 1.64 bits per heavy atom.